The van der Waals surface area contributed by atoms with E-state index in [9.17, 15) is 19.7 Å². The van der Waals surface area contributed by atoms with Crippen molar-refractivity contribution in [3.05, 3.63) is 33.7 Å². The second-order valence-electron chi connectivity index (χ2n) is 2.90. The van der Waals surface area contributed by atoms with E-state index in [0.717, 1.165) is 6.07 Å². The number of carbonyl (C=O) groups excluding carboxylic acids is 2. The van der Waals surface area contributed by atoms with Gasteiger partial charge in [-0.1, -0.05) is 0 Å². The zero-order chi connectivity index (χ0) is 11.7. The number of amides is 3. The van der Waals surface area contributed by atoms with Crippen molar-refractivity contribution in [3.63, 3.8) is 0 Å². The molecule has 2 rings (SSSR count). The Kier molecular flexibility index (Phi) is 2.16. The van der Waals surface area contributed by atoms with Crippen molar-refractivity contribution in [2.45, 2.75) is 0 Å². The quantitative estimate of drug-likeness (QED) is 0.325. The predicted molar refractivity (Wildman–Crippen MR) is 50.0 cm³/mol. The number of imide groups is 1. The van der Waals surface area contributed by atoms with Crippen molar-refractivity contribution in [2.24, 2.45) is 0 Å². The normalized spacial score (nSPS) is 17.4. The lowest BCUT2D eigenvalue weighted by Gasteiger charge is -1.90. The molecule has 1 aromatic rings. The summed E-state index contributed by atoms with van der Waals surface area (Å²) in [6, 6.07) is 1.83. The van der Waals surface area contributed by atoms with Crippen molar-refractivity contribution >= 4 is 23.9 Å². The molecule has 0 saturated carbocycles. The molecule has 0 aromatic carbocycles. The number of rotatable bonds is 2. The van der Waals surface area contributed by atoms with Gasteiger partial charge in [-0.3, -0.25) is 20.2 Å². The average Bonchev–Trinajstić information content (AvgIpc) is 2.75. The molecule has 82 valence electrons. The van der Waals surface area contributed by atoms with Crippen molar-refractivity contribution in [1.29, 1.82) is 0 Å². The van der Waals surface area contributed by atoms with E-state index in [0.29, 0.717) is 0 Å². The Morgan fingerprint density at radius 2 is 2.06 bits per heavy atom. The Hall–Kier alpha value is -2.64. The molecule has 1 aliphatic rings. The summed E-state index contributed by atoms with van der Waals surface area (Å²) in [5.41, 5.74) is -0.0192. The summed E-state index contributed by atoms with van der Waals surface area (Å²) >= 11 is 0. The third-order valence-electron chi connectivity index (χ3n) is 1.80. The number of furan rings is 1. The van der Waals surface area contributed by atoms with Gasteiger partial charge in [0.15, 0.2) is 0 Å². The molecule has 3 amide bonds. The highest BCUT2D eigenvalue weighted by molar-refractivity contribution is 6.13. The Balaban J connectivity index is 2.26. The van der Waals surface area contributed by atoms with Gasteiger partial charge < -0.3 is 9.73 Å². The van der Waals surface area contributed by atoms with Crippen molar-refractivity contribution in [1.82, 2.24) is 10.6 Å². The number of carbonyl (C=O) groups is 2. The molecule has 1 aromatic heterocycles. The number of hydrogen-bond acceptors (Lipinski definition) is 5. The SMILES string of the molecule is O=C1NC(=O)/C(=C\c2ccc([N+](=O)[O-])o2)N1. The molecule has 0 aliphatic carbocycles. The molecule has 2 N–H and O–H groups in total. The van der Waals surface area contributed by atoms with Crippen molar-refractivity contribution < 1.29 is 18.9 Å². The molecule has 0 radical (unpaired) electrons. The van der Waals surface area contributed by atoms with Crippen LogP contribution in [0.3, 0.4) is 0 Å². The minimum atomic E-state index is -0.699. The molecule has 0 unspecified atom stereocenters. The van der Waals surface area contributed by atoms with Crippen LogP contribution in [0.5, 0.6) is 0 Å². The van der Waals surface area contributed by atoms with Crippen LogP contribution in [0.4, 0.5) is 10.7 Å². The molecule has 16 heavy (non-hydrogen) atoms. The minimum Gasteiger partial charge on any atom is -0.401 e. The van der Waals surface area contributed by atoms with E-state index in [1.165, 1.54) is 12.1 Å². The van der Waals surface area contributed by atoms with Gasteiger partial charge in [0.25, 0.3) is 5.91 Å². The summed E-state index contributed by atoms with van der Waals surface area (Å²) in [5, 5.41) is 14.5. The molecule has 1 aliphatic heterocycles. The second-order valence-corrected chi connectivity index (χ2v) is 2.90. The summed E-state index contributed by atoms with van der Waals surface area (Å²) in [6.07, 6.45) is 1.20. The first-order valence-electron chi connectivity index (χ1n) is 4.14. The van der Waals surface area contributed by atoms with Crippen LogP contribution in [0, 0.1) is 10.1 Å². The van der Waals surface area contributed by atoms with E-state index < -0.39 is 22.7 Å². The molecule has 2 heterocycles. The molecule has 8 nitrogen and oxygen atoms in total. The van der Waals surface area contributed by atoms with E-state index in [1.54, 1.807) is 0 Å². The third kappa shape index (κ3) is 1.75. The first-order chi connectivity index (χ1) is 7.56. The third-order valence-corrected chi connectivity index (χ3v) is 1.80. The number of nitro groups is 1. The molecule has 1 saturated heterocycles. The lowest BCUT2D eigenvalue weighted by atomic mass is 10.3. The van der Waals surface area contributed by atoms with Gasteiger partial charge in [-0.05, 0) is 6.07 Å². The minimum absolute atomic E-state index is 0.0192. The maximum absolute atomic E-state index is 11.1. The standard InChI is InChI=1S/C8H5N3O5/c12-7-5(9-8(13)10-7)3-4-1-2-6(16-4)11(14)15/h1-3H,(H2,9,10,12,13)/b5-3+. The largest absolute Gasteiger partial charge is 0.433 e. The van der Waals surface area contributed by atoms with Gasteiger partial charge in [0.2, 0.25) is 0 Å². The second kappa shape index (κ2) is 3.50. The number of nitrogens with zero attached hydrogens (tertiary/aromatic N) is 1. The summed E-state index contributed by atoms with van der Waals surface area (Å²) in [4.78, 5) is 31.4. The highest BCUT2D eigenvalue weighted by atomic mass is 16.6. The number of urea groups is 1. The topological polar surface area (TPSA) is 114 Å². The van der Waals surface area contributed by atoms with Gasteiger partial charge in [-0.2, -0.15) is 0 Å². The molecular formula is C8H5N3O5. The van der Waals surface area contributed by atoms with E-state index in [1.807, 2.05) is 5.32 Å². The molecule has 0 spiro atoms. The molecule has 8 heteroatoms. The van der Waals surface area contributed by atoms with Crippen LogP contribution in [-0.2, 0) is 4.79 Å². The van der Waals surface area contributed by atoms with Gasteiger partial charge in [0.1, 0.15) is 16.4 Å². The summed E-state index contributed by atoms with van der Waals surface area (Å²) in [7, 11) is 0. The monoisotopic (exact) mass is 223 g/mol. The zero-order valence-corrected chi connectivity index (χ0v) is 7.72. The summed E-state index contributed by atoms with van der Waals surface area (Å²) < 4.78 is 4.78. The maximum atomic E-state index is 11.1. The Morgan fingerprint density at radius 1 is 1.31 bits per heavy atom. The smallest absolute Gasteiger partial charge is 0.401 e. The predicted octanol–water partition coefficient (Wildman–Crippen LogP) is 0.368. The molecule has 1 fully saturated rings. The van der Waals surface area contributed by atoms with E-state index in [-0.39, 0.29) is 11.5 Å². The van der Waals surface area contributed by atoms with Crippen LogP contribution < -0.4 is 10.6 Å². The van der Waals surface area contributed by atoms with Gasteiger partial charge >= 0.3 is 11.9 Å². The first kappa shape index (κ1) is 9.90. The fraction of sp³-hybridized carbons (Fsp3) is 0. The number of hydrogen-bond donors (Lipinski definition) is 2. The van der Waals surface area contributed by atoms with Crippen LogP contribution in [0.25, 0.3) is 6.08 Å². The highest BCUT2D eigenvalue weighted by Crippen LogP contribution is 2.18. The van der Waals surface area contributed by atoms with Crippen LogP contribution >= 0.6 is 0 Å². The average molecular weight is 223 g/mol. The highest BCUT2D eigenvalue weighted by Gasteiger charge is 2.23. The lowest BCUT2D eigenvalue weighted by Crippen LogP contribution is -2.22. The summed E-state index contributed by atoms with van der Waals surface area (Å²) in [6.45, 7) is 0. The Labute approximate surface area is 88.1 Å². The van der Waals surface area contributed by atoms with E-state index >= 15 is 0 Å². The van der Waals surface area contributed by atoms with Crippen LogP contribution in [-0.4, -0.2) is 16.9 Å². The van der Waals surface area contributed by atoms with Crippen LogP contribution in [0.2, 0.25) is 0 Å². The van der Waals surface area contributed by atoms with Crippen molar-refractivity contribution in [3.8, 4) is 0 Å². The Morgan fingerprint density at radius 3 is 2.56 bits per heavy atom. The molecule has 0 bridgehead atoms. The summed E-state index contributed by atoms with van der Waals surface area (Å²) in [5.74, 6) is -0.931. The van der Waals surface area contributed by atoms with Gasteiger partial charge in [-0.15, -0.1) is 0 Å². The van der Waals surface area contributed by atoms with E-state index in [4.69, 9.17) is 4.42 Å². The lowest BCUT2D eigenvalue weighted by molar-refractivity contribution is -0.402. The van der Waals surface area contributed by atoms with Gasteiger partial charge in [0, 0.05) is 6.08 Å². The van der Waals surface area contributed by atoms with Gasteiger partial charge in [-0.25, -0.2) is 4.79 Å². The van der Waals surface area contributed by atoms with Crippen molar-refractivity contribution in [2.75, 3.05) is 0 Å². The zero-order valence-electron chi connectivity index (χ0n) is 7.72. The maximum Gasteiger partial charge on any atom is 0.433 e. The molecule has 0 atom stereocenters. The van der Waals surface area contributed by atoms with Crippen LogP contribution in [0.1, 0.15) is 5.76 Å². The molecular weight excluding hydrogens is 218 g/mol. The first-order valence-corrected chi connectivity index (χ1v) is 4.14. The Bertz CT molecular complexity index is 515. The van der Waals surface area contributed by atoms with E-state index in [2.05, 4.69) is 5.32 Å². The number of nitrogens with one attached hydrogen (secondary N) is 2. The van der Waals surface area contributed by atoms with Gasteiger partial charge in [0.05, 0.1) is 6.07 Å². The fourth-order valence-corrected chi connectivity index (χ4v) is 1.14. The van der Waals surface area contributed by atoms with Crippen LogP contribution in [0.15, 0.2) is 22.2 Å². The fourth-order valence-electron chi connectivity index (χ4n) is 1.14.